The lowest BCUT2D eigenvalue weighted by Gasteiger charge is -2.27. The summed E-state index contributed by atoms with van der Waals surface area (Å²) in [6, 6.07) is 0. The standard InChI is InChI=1S/C13H24N2OS/c1-5-7-12-14-11(9-17-12)8-15(6-2)10-13(3,4)16/h9,16H,5-8,10H2,1-4H3. The molecule has 0 radical (unpaired) electrons. The summed E-state index contributed by atoms with van der Waals surface area (Å²) in [6.07, 6.45) is 2.22. The molecule has 0 atom stereocenters. The number of aromatic nitrogens is 1. The molecule has 0 unspecified atom stereocenters. The van der Waals surface area contributed by atoms with Gasteiger partial charge in [0.2, 0.25) is 0 Å². The van der Waals surface area contributed by atoms with E-state index in [0.29, 0.717) is 6.54 Å². The molecule has 0 spiro atoms. The normalized spacial score (nSPS) is 12.4. The minimum Gasteiger partial charge on any atom is -0.389 e. The van der Waals surface area contributed by atoms with Gasteiger partial charge in [-0.25, -0.2) is 4.98 Å². The minimum atomic E-state index is -0.641. The van der Waals surface area contributed by atoms with Crippen LogP contribution in [-0.4, -0.2) is 33.7 Å². The molecule has 0 saturated carbocycles. The van der Waals surface area contributed by atoms with Crippen molar-refractivity contribution in [1.82, 2.24) is 9.88 Å². The van der Waals surface area contributed by atoms with Crippen molar-refractivity contribution < 1.29 is 5.11 Å². The van der Waals surface area contributed by atoms with E-state index in [0.717, 1.165) is 31.6 Å². The molecule has 17 heavy (non-hydrogen) atoms. The molecule has 0 amide bonds. The molecule has 0 aromatic carbocycles. The van der Waals surface area contributed by atoms with Crippen molar-refractivity contribution in [2.45, 2.75) is 52.7 Å². The highest BCUT2D eigenvalue weighted by Crippen LogP contribution is 2.14. The second-order valence-corrected chi connectivity index (χ2v) is 6.04. The molecular formula is C13H24N2OS. The van der Waals surface area contributed by atoms with Crippen molar-refractivity contribution in [3.05, 3.63) is 16.1 Å². The lowest BCUT2D eigenvalue weighted by Crippen LogP contribution is -2.38. The fourth-order valence-electron chi connectivity index (χ4n) is 1.81. The predicted molar refractivity (Wildman–Crippen MR) is 73.4 cm³/mol. The van der Waals surface area contributed by atoms with Gasteiger partial charge in [0.05, 0.1) is 16.3 Å². The van der Waals surface area contributed by atoms with Crippen molar-refractivity contribution in [2.24, 2.45) is 0 Å². The van der Waals surface area contributed by atoms with Crippen LogP contribution in [0.4, 0.5) is 0 Å². The van der Waals surface area contributed by atoms with Crippen LogP contribution in [-0.2, 0) is 13.0 Å². The average Bonchev–Trinajstić information content (AvgIpc) is 2.63. The predicted octanol–water partition coefficient (Wildman–Crippen LogP) is 2.69. The van der Waals surface area contributed by atoms with Gasteiger partial charge in [0.25, 0.3) is 0 Å². The first-order valence-corrected chi connectivity index (χ1v) is 7.20. The largest absolute Gasteiger partial charge is 0.389 e. The van der Waals surface area contributed by atoms with E-state index in [1.165, 1.54) is 5.01 Å². The highest BCUT2D eigenvalue weighted by molar-refractivity contribution is 7.09. The molecule has 1 aromatic rings. The van der Waals surface area contributed by atoms with E-state index in [2.05, 4.69) is 29.1 Å². The van der Waals surface area contributed by atoms with E-state index < -0.39 is 5.60 Å². The second kappa shape index (κ2) is 6.47. The van der Waals surface area contributed by atoms with Gasteiger partial charge < -0.3 is 5.11 Å². The molecule has 0 fully saturated rings. The van der Waals surface area contributed by atoms with Gasteiger partial charge in [0, 0.05) is 18.5 Å². The van der Waals surface area contributed by atoms with E-state index in [4.69, 9.17) is 0 Å². The smallest absolute Gasteiger partial charge is 0.0928 e. The van der Waals surface area contributed by atoms with Crippen LogP contribution in [0.1, 0.15) is 44.8 Å². The van der Waals surface area contributed by atoms with Gasteiger partial charge in [0.1, 0.15) is 0 Å². The number of likely N-dealkylation sites (N-methyl/N-ethyl adjacent to an activating group) is 1. The fourth-order valence-corrected chi connectivity index (χ4v) is 2.70. The van der Waals surface area contributed by atoms with Crippen molar-refractivity contribution in [3.63, 3.8) is 0 Å². The Balaban J connectivity index is 2.54. The van der Waals surface area contributed by atoms with Crippen molar-refractivity contribution in [3.8, 4) is 0 Å². The van der Waals surface area contributed by atoms with E-state index in [1.807, 2.05) is 13.8 Å². The molecule has 4 heteroatoms. The molecular weight excluding hydrogens is 232 g/mol. The third-order valence-corrected chi connectivity index (χ3v) is 3.46. The Morgan fingerprint density at radius 1 is 1.41 bits per heavy atom. The van der Waals surface area contributed by atoms with Gasteiger partial charge in [-0.2, -0.15) is 0 Å². The summed E-state index contributed by atoms with van der Waals surface area (Å²) < 4.78 is 0. The van der Waals surface area contributed by atoms with Gasteiger partial charge in [-0.1, -0.05) is 13.8 Å². The second-order valence-electron chi connectivity index (χ2n) is 5.10. The molecule has 98 valence electrons. The molecule has 1 rings (SSSR count). The number of nitrogens with zero attached hydrogens (tertiary/aromatic N) is 2. The van der Waals surface area contributed by atoms with Crippen molar-refractivity contribution >= 4 is 11.3 Å². The van der Waals surface area contributed by atoms with Crippen LogP contribution in [0, 0.1) is 0 Å². The topological polar surface area (TPSA) is 36.4 Å². The van der Waals surface area contributed by atoms with Crippen LogP contribution in [0.2, 0.25) is 0 Å². The van der Waals surface area contributed by atoms with E-state index in [1.54, 1.807) is 11.3 Å². The summed E-state index contributed by atoms with van der Waals surface area (Å²) in [5.74, 6) is 0. The Morgan fingerprint density at radius 3 is 2.65 bits per heavy atom. The molecule has 0 saturated heterocycles. The van der Waals surface area contributed by atoms with Gasteiger partial charge >= 0.3 is 0 Å². The van der Waals surface area contributed by atoms with Crippen molar-refractivity contribution in [2.75, 3.05) is 13.1 Å². The zero-order chi connectivity index (χ0) is 12.9. The Hall–Kier alpha value is -0.450. The van der Waals surface area contributed by atoms with Crippen LogP contribution < -0.4 is 0 Å². The van der Waals surface area contributed by atoms with Crippen LogP contribution >= 0.6 is 11.3 Å². The number of aliphatic hydroxyl groups is 1. The van der Waals surface area contributed by atoms with E-state index in [9.17, 15) is 5.11 Å². The number of hydrogen-bond donors (Lipinski definition) is 1. The first-order valence-electron chi connectivity index (χ1n) is 6.32. The Bertz CT molecular complexity index is 330. The summed E-state index contributed by atoms with van der Waals surface area (Å²) in [7, 11) is 0. The summed E-state index contributed by atoms with van der Waals surface area (Å²) >= 11 is 1.74. The highest BCUT2D eigenvalue weighted by Gasteiger charge is 2.18. The van der Waals surface area contributed by atoms with Crippen LogP contribution in [0.5, 0.6) is 0 Å². The average molecular weight is 256 g/mol. The number of aryl methyl sites for hydroxylation is 1. The zero-order valence-electron chi connectivity index (χ0n) is 11.4. The maximum absolute atomic E-state index is 9.83. The maximum atomic E-state index is 9.83. The van der Waals surface area contributed by atoms with E-state index in [-0.39, 0.29) is 0 Å². The first-order chi connectivity index (χ1) is 7.94. The molecule has 0 aliphatic rings. The van der Waals surface area contributed by atoms with Crippen LogP contribution in [0.15, 0.2) is 5.38 Å². The number of hydrogen-bond acceptors (Lipinski definition) is 4. The zero-order valence-corrected chi connectivity index (χ0v) is 12.2. The van der Waals surface area contributed by atoms with Crippen LogP contribution in [0.25, 0.3) is 0 Å². The maximum Gasteiger partial charge on any atom is 0.0928 e. The Morgan fingerprint density at radius 2 is 2.12 bits per heavy atom. The van der Waals surface area contributed by atoms with Gasteiger partial charge in [-0.05, 0) is 33.2 Å². The monoisotopic (exact) mass is 256 g/mol. The highest BCUT2D eigenvalue weighted by atomic mass is 32.1. The quantitative estimate of drug-likeness (QED) is 0.815. The summed E-state index contributed by atoms with van der Waals surface area (Å²) in [6.45, 7) is 10.4. The molecule has 1 heterocycles. The molecule has 0 bridgehead atoms. The molecule has 1 aromatic heterocycles. The molecule has 3 nitrogen and oxygen atoms in total. The first kappa shape index (κ1) is 14.6. The molecule has 0 aliphatic heterocycles. The van der Waals surface area contributed by atoms with Crippen LogP contribution in [0.3, 0.4) is 0 Å². The Kier molecular flexibility index (Phi) is 5.56. The Labute approximate surface area is 108 Å². The lowest BCUT2D eigenvalue weighted by molar-refractivity contribution is 0.0350. The number of thiazole rings is 1. The van der Waals surface area contributed by atoms with Gasteiger partial charge in [-0.15, -0.1) is 11.3 Å². The SMILES string of the molecule is CCCc1nc(CN(CC)CC(C)(C)O)cs1. The van der Waals surface area contributed by atoms with Crippen molar-refractivity contribution in [1.29, 1.82) is 0 Å². The van der Waals surface area contributed by atoms with Gasteiger partial charge in [0.15, 0.2) is 0 Å². The van der Waals surface area contributed by atoms with Gasteiger partial charge in [-0.3, -0.25) is 4.90 Å². The summed E-state index contributed by atoms with van der Waals surface area (Å²) in [5.41, 5.74) is 0.489. The summed E-state index contributed by atoms with van der Waals surface area (Å²) in [5, 5.41) is 13.2. The number of rotatable bonds is 7. The lowest BCUT2D eigenvalue weighted by atomic mass is 10.1. The molecule has 1 N–H and O–H groups in total. The third kappa shape index (κ3) is 5.61. The molecule has 0 aliphatic carbocycles. The van der Waals surface area contributed by atoms with E-state index >= 15 is 0 Å². The summed E-state index contributed by atoms with van der Waals surface area (Å²) in [4.78, 5) is 6.84. The third-order valence-electron chi connectivity index (χ3n) is 2.51. The fraction of sp³-hybridized carbons (Fsp3) is 0.769. The minimum absolute atomic E-state index is 0.641.